The minimum absolute atomic E-state index is 0.183. The Balaban J connectivity index is 1.49. The number of imide groups is 1. The van der Waals surface area contributed by atoms with E-state index < -0.39 is 64.0 Å². The lowest BCUT2D eigenvalue weighted by Gasteiger charge is -2.33. The summed E-state index contributed by atoms with van der Waals surface area (Å²) in [5, 5.41) is 9.02. The predicted octanol–water partition coefficient (Wildman–Crippen LogP) is 3.20. The molecule has 1 aromatic carbocycles. The number of ether oxygens (including phenoxy) is 2. The van der Waals surface area contributed by atoms with E-state index in [9.17, 15) is 27.6 Å². The van der Waals surface area contributed by atoms with Crippen molar-refractivity contribution in [1.82, 2.24) is 0 Å². The fourth-order valence-electron chi connectivity index (χ4n) is 5.72. The molecule has 1 saturated carbocycles. The number of carbonyl (C=O) groups is 3. The zero-order valence-corrected chi connectivity index (χ0v) is 17.9. The molecule has 3 saturated heterocycles. The molecule has 0 N–H and O–H groups in total. The second-order valence-electron chi connectivity index (χ2n) is 9.74. The Labute approximate surface area is 187 Å². The molecule has 5 atom stereocenters. The first-order valence-corrected chi connectivity index (χ1v) is 10.8. The van der Waals surface area contributed by atoms with Gasteiger partial charge in [-0.15, -0.1) is 0 Å². The van der Waals surface area contributed by atoms with Crippen molar-refractivity contribution in [2.24, 2.45) is 23.7 Å². The van der Waals surface area contributed by atoms with E-state index in [0.29, 0.717) is 18.6 Å². The van der Waals surface area contributed by atoms with Crippen molar-refractivity contribution >= 4 is 23.5 Å². The summed E-state index contributed by atoms with van der Waals surface area (Å²) in [5.41, 5.74) is -4.51. The van der Waals surface area contributed by atoms with Crippen LogP contribution in [0.15, 0.2) is 18.2 Å². The third-order valence-corrected chi connectivity index (χ3v) is 7.47. The normalized spacial score (nSPS) is 35.0. The van der Waals surface area contributed by atoms with E-state index >= 15 is 0 Å². The number of hydrogen-bond donors (Lipinski definition) is 0. The van der Waals surface area contributed by atoms with Gasteiger partial charge in [0.2, 0.25) is 11.8 Å². The molecule has 1 aromatic rings. The number of halogens is 3. The molecule has 4 fully saturated rings. The quantitative estimate of drug-likeness (QED) is 0.504. The lowest BCUT2D eigenvalue weighted by molar-refractivity contribution is -0.157. The van der Waals surface area contributed by atoms with Crippen molar-refractivity contribution in [2.45, 2.75) is 50.5 Å². The first kappa shape index (κ1) is 21.9. The number of esters is 1. The van der Waals surface area contributed by atoms with Crippen molar-refractivity contribution in [2.75, 3.05) is 11.5 Å². The molecule has 4 aliphatic rings. The molecule has 174 valence electrons. The highest BCUT2D eigenvalue weighted by molar-refractivity contribution is 6.23. The van der Waals surface area contributed by atoms with Gasteiger partial charge in [-0.3, -0.25) is 14.4 Å². The summed E-state index contributed by atoms with van der Waals surface area (Å²) in [5.74, 6) is -4.21. The van der Waals surface area contributed by atoms with E-state index in [4.69, 9.17) is 14.7 Å². The molecule has 0 unspecified atom stereocenters. The number of nitrogens with zero attached hydrogens (tertiary/aromatic N) is 2. The van der Waals surface area contributed by atoms with Crippen LogP contribution < -0.4 is 4.90 Å². The maximum atomic E-state index is 13.4. The summed E-state index contributed by atoms with van der Waals surface area (Å²) in [6.45, 7) is 3.56. The maximum Gasteiger partial charge on any atom is 0.417 e. The Morgan fingerprint density at radius 3 is 2.52 bits per heavy atom. The second-order valence-corrected chi connectivity index (χ2v) is 9.74. The fourth-order valence-corrected chi connectivity index (χ4v) is 5.72. The molecule has 2 bridgehead atoms. The van der Waals surface area contributed by atoms with Gasteiger partial charge in [0.25, 0.3) is 0 Å². The van der Waals surface area contributed by atoms with Crippen LogP contribution in [-0.4, -0.2) is 35.6 Å². The Bertz CT molecular complexity index is 1120. The van der Waals surface area contributed by atoms with Crippen molar-refractivity contribution in [3.8, 4) is 6.07 Å². The summed E-state index contributed by atoms with van der Waals surface area (Å²) in [4.78, 5) is 40.3. The first-order valence-electron chi connectivity index (χ1n) is 10.8. The van der Waals surface area contributed by atoms with Gasteiger partial charge in [0.1, 0.15) is 0 Å². The van der Waals surface area contributed by atoms with Crippen LogP contribution in [0.1, 0.15) is 44.2 Å². The van der Waals surface area contributed by atoms with Gasteiger partial charge in [-0.2, -0.15) is 18.4 Å². The number of carbonyl (C=O) groups excluding carboxylic acids is 3. The molecule has 7 nitrogen and oxygen atoms in total. The molecule has 5 rings (SSSR count). The Hall–Kier alpha value is -2.93. The van der Waals surface area contributed by atoms with Crippen molar-refractivity contribution in [3.05, 3.63) is 29.3 Å². The number of hydrogen-bond acceptors (Lipinski definition) is 6. The summed E-state index contributed by atoms with van der Waals surface area (Å²) >= 11 is 0. The van der Waals surface area contributed by atoms with Gasteiger partial charge in [-0.05, 0) is 57.2 Å². The highest BCUT2D eigenvalue weighted by Crippen LogP contribution is 2.63. The SMILES string of the molecule is C[C@]12O[C@](C)(C[C@@H]1C(=O)OCC1CC1)[C@@H]1C(=O)N(c3ccc(C#N)c(C(F)(F)F)c3)C(=O)[C@@H]12. The van der Waals surface area contributed by atoms with Gasteiger partial charge < -0.3 is 9.47 Å². The monoisotopic (exact) mass is 462 g/mol. The lowest BCUT2D eigenvalue weighted by atomic mass is 9.64. The van der Waals surface area contributed by atoms with Gasteiger partial charge in [-0.25, -0.2) is 4.90 Å². The van der Waals surface area contributed by atoms with Crippen LogP contribution in [0.5, 0.6) is 0 Å². The fraction of sp³-hybridized carbons (Fsp3) is 0.565. The van der Waals surface area contributed by atoms with Crippen molar-refractivity contribution < 1.29 is 37.0 Å². The molecular formula is C23H21F3N2O5. The Morgan fingerprint density at radius 2 is 1.91 bits per heavy atom. The molecular weight excluding hydrogens is 441 g/mol. The number of fused-ring (bicyclic) bond motifs is 5. The van der Waals surface area contributed by atoms with Crippen LogP contribution >= 0.6 is 0 Å². The van der Waals surface area contributed by atoms with Gasteiger partial charge in [0, 0.05) is 0 Å². The van der Waals surface area contributed by atoms with Gasteiger partial charge >= 0.3 is 12.1 Å². The first-order chi connectivity index (χ1) is 15.4. The summed E-state index contributed by atoms with van der Waals surface area (Å²) in [6, 6.07) is 4.22. The van der Waals surface area contributed by atoms with Crippen LogP contribution in [-0.2, 0) is 30.0 Å². The summed E-state index contributed by atoms with van der Waals surface area (Å²) in [7, 11) is 0. The van der Waals surface area contributed by atoms with Gasteiger partial charge in [0.05, 0.1) is 58.4 Å². The van der Waals surface area contributed by atoms with Crippen molar-refractivity contribution in [3.63, 3.8) is 0 Å². The Morgan fingerprint density at radius 1 is 1.24 bits per heavy atom. The largest absolute Gasteiger partial charge is 0.465 e. The van der Waals surface area contributed by atoms with Crippen LogP contribution in [0.25, 0.3) is 0 Å². The van der Waals surface area contributed by atoms with Crippen molar-refractivity contribution in [1.29, 1.82) is 5.26 Å². The highest BCUT2D eigenvalue weighted by atomic mass is 19.4. The maximum absolute atomic E-state index is 13.4. The molecule has 0 aromatic heterocycles. The third-order valence-electron chi connectivity index (χ3n) is 7.47. The van der Waals surface area contributed by atoms with Crippen LogP contribution in [0, 0.1) is 35.0 Å². The van der Waals surface area contributed by atoms with E-state index in [1.54, 1.807) is 13.8 Å². The second kappa shape index (κ2) is 6.79. The number of benzene rings is 1. The average molecular weight is 462 g/mol. The Kier molecular flexibility index (Phi) is 4.51. The molecule has 3 heterocycles. The topological polar surface area (TPSA) is 96.7 Å². The molecule has 0 radical (unpaired) electrons. The zero-order valence-electron chi connectivity index (χ0n) is 17.9. The van der Waals surface area contributed by atoms with E-state index in [1.165, 1.54) is 6.07 Å². The van der Waals surface area contributed by atoms with Gasteiger partial charge in [-0.1, -0.05) is 0 Å². The summed E-state index contributed by atoms with van der Waals surface area (Å²) in [6.07, 6.45) is -2.65. The summed E-state index contributed by atoms with van der Waals surface area (Å²) < 4.78 is 51.9. The predicted molar refractivity (Wildman–Crippen MR) is 105 cm³/mol. The minimum Gasteiger partial charge on any atom is -0.465 e. The van der Waals surface area contributed by atoms with Gasteiger partial charge in [0.15, 0.2) is 0 Å². The molecule has 3 aliphatic heterocycles. The number of rotatable bonds is 4. The molecule has 0 spiro atoms. The van der Waals surface area contributed by atoms with E-state index in [2.05, 4.69) is 0 Å². The van der Waals surface area contributed by atoms with Crippen LogP contribution in [0.2, 0.25) is 0 Å². The van der Waals surface area contributed by atoms with E-state index in [1.807, 2.05) is 0 Å². The van der Waals surface area contributed by atoms with Crippen LogP contribution in [0.4, 0.5) is 18.9 Å². The molecule has 10 heteroatoms. The number of amides is 2. The number of alkyl halides is 3. The standard InChI is InChI=1S/C23H21F3N2O5/c1-21-8-15(20(31)32-10-11-3-4-11)22(2,33-21)17-16(21)18(29)28(19(17)30)13-6-5-12(9-27)14(7-13)23(24,25)26/h5-7,11,15-17H,3-4,8,10H2,1-2H3/t15-,16+,17-,21-,22+/m1/s1. The molecule has 2 amide bonds. The third kappa shape index (κ3) is 3.09. The highest BCUT2D eigenvalue weighted by Gasteiger charge is 2.77. The lowest BCUT2D eigenvalue weighted by Crippen LogP contribution is -2.49. The number of anilines is 1. The zero-order chi connectivity index (χ0) is 23.9. The minimum atomic E-state index is -4.83. The smallest absolute Gasteiger partial charge is 0.417 e. The van der Waals surface area contributed by atoms with E-state index in [-0.39, 0.29) is 12.1 Å². The molecule has 33 heavy (non-hydrogen) atoms. The average Bonchev–Trinajstić information content (AvgIpc) is 3.41. The van der Waals surface area contributed by atoms with Crippen LogP contribution in [0.3, 0.4) is 0 Å². The number of nitriles is 1. The van der Waals surface area contributed by atoms with E-state index in [0.717, 1.165) is 29.9 Å². The molecule has 1 aliphatic carbocycles.